The van der Waals surface area contributed by atoms with Gasteiger partial charge in [0.1, 0.15) is 11.6 Å². The zero-order valence-electron chi connectivity index (χ0n) is 7.72. The summed E-state index contributed by atoms with van der Waals surface area (Å²) in [7, 11) is 0. The van der Waals surface area contributed by atoms with Gasteiger partial charge in [0.25, 0.3) is 0 Å². The summed E-state index contributed by atoms with van der Waals surface area (Å²) in [6.45, 7) is 1.75. The molecule has 1 aromatic rings. The van der Waals surface area contributed by atoms with E-state index in [0.29, 0.717) is 17.4 Å². The van der Waals surface area contributed by atoms with E-state index in [1.54, 1.807) is 13.0 Å². The Morgan fingerprint density at radius 2 is 2.15 bits per heavy atom. The van der Waals surface area contributed by atoms with Crippen molar-refractivity contribution in [2.45, 2.75) is 32.3 Å². The molecule has 1 saturated carbocycles. The van der Waals surface area contributed by atoms with Crippen LogP contribution in [0.4, 0.5) is 4.39 Å². The zero-order chi connectivity index (χ0) is 9.26. The molecule has 0 atom stereocenters. The maximum Gasteiger partial charge on any atom is 0.129 e. The van der Waals surface area contributed by atoms with E-state index < -0.39 is 0 Å². The molecule has 0 N–H and O–H groups in total. The molecule has 1 aromatic carbocycles. The van der Waals surface area contributed by atoms with Crippen LogP contribution in [0.1, 0.15) is 24.8 Å². The van der Waals surface area contributed by atoms with E-state index >= 15 is 0 Å². The molecule has 13 heavy (non-hydrogen) atoms. The fourth-order valence-electron chi connectivity index (χ4n) is 1.33. The molecular weight excluding hydrogens is 167 g/mol. The first kappa shape index (κ1) is 8.54. The molecule has 0 unspecified atom stereocenters. The Bertz CT molecular complexity index is 305. The average Bonchev–Trinajstić information content (AvgIpc) is 2.04. The van der Waals surface area contributed by atoms with Gasteiger partial charge in [-0.25, -0.2) is 4.39 Å². The van der Waals surface area contributed by atoms with Crippen LogP contribution < -0.4 is 4.74 Å². The van der Waals surface area contributed by atoms with Gasteiger partial charge >= 0.3 is 0 Å². The largest absolute Gasteiger partial charge is 0.490 e. The van der Waals surface area contributed by atoms with Crippen molar-refractivity contribution in [3.63, 3.8) is 0 Å². The lowest BCUT2D eigenvalue weighted by atomic mass is 9.96. The first-order chi connectivity index (χ1) is 6.25. The molecule has 2 heteroatoms. The maximum atomic E-state index is 13.1. The van der Waals surface area contributed by atoms with Crippen molar-refractivity contribution in [3.8, 4) is 5.75 Å². The Labute approximate surface area is 77.5 Å². The summed E-state index contributed by atoms with van der Waals surface area (Å²) >= 11 is 0. The second-order valence-corrected chi connectivity index (χ2v) is 3.58. The molecular formula is C11H13FO. The van der Waals surface area contributed by atoms with Crippen LogP contribution in [-0.2, 0) is 0 Å². The third-order valence-electron chi connectivity index (χ3n) is 2.50. The smallest absolute Gasteiger partial charge is 0.129 e. The highest BCUT2D eigenvalue weighted by Gasteiger charge is 2.19. The van der Waals surface area contributed by atoms with Gasteiger partial charge < -0.3 is 4.74 Å². The minimum absolute atomic E-state index is 0.183. The number of hydrogen-bond acceptors (Lipinski definition) is 1. The lowest BCUT2D eigenvalue weighted by Gasteiger charge is -2.26. The van der Waals surface area contributed by atoms with Crippen LogP contribution in [0.5, 0.6) is 5.75 Å². The second kappa shape index (κ2) is 3.36. The Balaban J connectivity index is 2.07. The molecule has 0 spiro atoms. The van der Waals surface area contributed by atoms with Crippen LogP contribution >= 0.6 is 0 Å². The van der Waals surface area contributed by atoms with Crippen molar-refractivity contribution < 1.29 is 9.13 Å². The first-order valence-electron chi connectivity index (χ1n) is 4.68. The standard InChI is InChI=1S/C11H13FO/c1-8-5-6-10(7-11(8)12)13-9-3-2-4-9/h5-7,9H,2-4H2,1H3. The number of halogens is 1. The molecule has 0 radical (unpaired) electrons. The van der Waals surface area contributed by atoms with E-state index in [4.69, 9.17) is 4.74 Å². The van der Waals surface area contributed by atoms with E-state index in [1.165, 1.54) is 12.5 Å². The highest BCUT2D eigenvalue weighted by atomic mass is 19.1. The molecule has 1 nitrogen and oxygen atoms in total. The zero-order valence-corrected chi connectivity index (χ0v) is 7.72. The Morgan fingerprint density at radius 1 is 1.38 bits per heavy atom. The molecule has 1 aliphatic rings. The first-order valence-corrected chi connectivity index (χ1v) is 4.68. The lowest BCUT2D eigenvalue weighted by molar-refractivity contribution is 0.120. The minimum atomic E-state index is -0.183. The van der Waals surface area contributed by atoms with Crippen LogP contribution in [0.2, 0.25) is 0 Å². The summed E-state index contributed by atoms with van der Waals surface area (Å²) in [6.07, 6.45) is 3.77. The van der Waals surface area contributed by atoms with Crippen molar-refractivity contribution >= 4 is 0 Å². The summed E-state index contributed by atoms with van der Waals surface area (Å²) in [6, 6.07) is 5.05. The summed E-state index contributed by atoms with van der Waals surface area (Å²) in [4.78, 5) is 0. The van der Waals surface area contributed by atoms with Crippen LogP contribution in [0.3, 0.4) is 0 Å². The third-order valence-corrected chi connectivity index (χ3v) is 2.50. The highest BCUT2D eigenvalue weighted by molar-refractivity contribution is 5.28. The Hall–Kier alpha value is -1.05. The SMILES string of the molecule is Cc1ccc(OC2CCC2)cc1F. The highest BCUT2D eigenvalue weighted by Crippen LogP contribution is 2.25. The van der Waals surface area contributed by atoms with Crippen LogP contribution in [-0.4, -0.2) is 6.10 Å². The molecule has 0 heterocycles. The quantitative estimate of drug-likeness (QED) is 0.679. The fraction of sp³-hybridized carbons (Fsp3) is 0.455. The summed E-state index contributed by atoms with van der Waals surface area (Å²) in [5.41, 5.74) is 0.668. The van der Waals surface area contributed by atoms with Gasteiger partial charge in [0, 0.05) is 6.07 Å². The van der Waals surface area contributed by atoms with Gasteiger partial charge in [-0.05, 0) is 37.8 Å². The predicted molar refractivity (Wildman–Crippen MR) is 49.4 cm³/mol. The molecule has 70 valence electrons. The van der Waals surface area contributed by atoms with Crippen molar-refractivity contribution in [2.75, 3.05) is 0 Å². The molecule has 0 amide bonds. The molecule has 1 fully saturated rings. The Kier molecular flexibility index (Phi) is 2.21. The average molecular weight is 180 g/mol. The van der Waals surface area contributed by atoms with Crippen LogP contribution in [0.25, 0.3) is 0 Å². The van der Waals surface area contributed by atoms with Gasteiger partial charge in [-0.15, -0.1) is 0 Å². The van der Waals surface area contributed by atoms with Gasteiger partial charge in [0.05, 0.1) is 6.10 Å². The van der Waals surface area contributed by atoms with Gasteiger partial charge in [-0.3, -0.25) is 0 Å². The Morgan fingerprint density at radius 3 is 2.69 bits per heavy atom. The van der Waals surface area contributed by atoms with E-state index in [2.05, 4.69) is 0 Å². The fourth-order valence-corrected chi connectivity index (χ4v) is 1.33. The maximum absolute atomic E-state index is 13.1. The number of aryl methyl sites for hydroxylation is 1. The molecule has 0 aliphatic heterocycles. The van der Waals surface area contributed by atoms with Crippen molar-refractivity contribution in [2.24, 2.45) is 0 Å². The summed E-state index contributed by atoms with van der Waals surface area (Å²) in [5, 5.41) is 0. The van der Waals surface area contributed by atoms with Gasteiger partial charge in [0.15, 0.2) is 0 Å². The molecule has 0 saturated heterocycles. The van der Waals surface area contributed by atoms with E-state index in [9.17, 15) is 4.39 Å². The molecule has 2 rings (SSSR count). The van der Waals surface area contributed by atoms with E-state index in [1.807, 2.05) is 6.07 Å². The van der Waals surface area contributed by atoms with Crippen molar-refractivity contribution in [3.05, 3.63) is 29.6 Å². The molecule has 0 bridgehead atoms. The van der Waals surface area contributed by atoms with Crippen LogP contribution in [0.15, 0.2) is 18.2 Å². The monoisotopic (exact) mass is 180 g/mol. The van der Waals surface area contributed by atoms with E-state index in [0.717, 1.165) is 12.8 Å². The van der Waals surface area contributed by atoms with Crippen molar-refractivity contribution in [1.82, 2.24) is 0 Å². The third kappa shape index (κ3) is 1.82. The minimum Gasteiger partial charge on any atom is -0.490 e. The normalized spacial score (nSPS) is 16.8. The predicted octanol–water partition coefficient (Wildman–Crippen LogP) is 3.07. The second-order valence-electron chi connectivity index (χ2n) is 3.58. The number of rotatable bonds is 2. The number of benzene rings is 1. The number of hydrogen-bond donors (Lipinski definition) is 0. The summed E-state index contributed by atoms with van der Waals surface area (Å²) in [5.74, 6) is 0.477. The van der Waals surface area contributed by atoms with Gasteiger partial charge in [-0.2, -0.15) is 0 Å². The van der Waals surface area contributed by atoms with Gasteiger partial charge in [-0.1, -0.05) is 6.07 Å². The molecule has 1 aliphatic carbocycles. The lowest BCUT2D eigenvalue weighted by Crippen LogP contribution is -2.24. The van der Waals surface area contributed by atoms with Gasteiger partial charge in [0.2, 0.25) is 0 Å². The summed E-state index contributed by atoms with van der Waals surface area (Å²) < 4.78 is 18.6. The molecule has 0 aromatic heterocycles. The number of ether oxygens (including phenoxy) is 1. The van der Waals surface area contributed by atoms with Crippen molar-refractivity contribution in [1.29, 1.82) is 0 Å². The topological polar surface area (TPSA) is 9.23 Å². The van der Waals surface area contributed by atoms with E-state index in [-0.39, 0.29) is 5.82 Å². The van der Waals surface area contributed by atoms with Crippen LogP contribution in [0, 0.1) is 12.7 Å².